The zero-order valence-electron chi connectivity index (χ0n) is 17.2. The SMILES string of the molecule is Cc1cc(N2CC(C(=O)NCc3ccc(N4CCCCC4)nc3)CC2=O)ccc1Br. The van der Waals surface area contributed by atoms with Crippen molar-refractivity contribution in [2.24, 2.45) is 5.92 Å². The molecule has 0 aliphatic carbocycles. The van der Waals surface area contributed by atoms with E-state index in [-0.39, 0.29) is 24.2 Å². The zero-order valence-corrected chi connectivity index (χ0v) is 18.8. The number of carbonyl (C=O) groups is 2. The van der Waals surface area contributed by atoms with Crippen LogP contribution in [0.2, 0.25) is 0 Å². The number of benzene rings is 1. The molecule has 2 aliphatic rings. The predicted octanol–water partition coefficient (Wildman–Crippen LogP) is 3.81. The van der Waals surface area contributed by atoms with Crippen LogP contribution in [0.4, 0.5) is 11.5 Å². The Kier molecular flexibility index (Phi) is 6.37. The van der Waals surface area contributed by atoms with Gasteiger partial charge >= 0.3 is 0 Å². The topological polar surface area (TPSA) is 65.5 Å². The molecule has 158 valence electrons. The Bertz CT molecular complexity index is 925. The number of piperidine rings is 1. The molecule has 30 heavy (non-hydrogen) atoms. The molecule has 1 unspecified atom stereocenters. The van der Waals surface area contributed by atoms with E-state index < -0.39 is 0 Å². The smallest absolute Gasteiger partial charge is 0.227 e. The van der Waals surface area contributed by atoms with Gasteiger partial charge in [-0.05, 0) is 61.6 Å². The minimum atomic E-state index is -0.331. The highest BCUT2D eigenvalue weighted by Gasteiger charge is 2.35. The molecule has 1 atom stereocenters. The number of nitrogens with one attached hydrogen (secondary N) is 1. The second kappa shape index (κ2) is 9.16. The van der Waals surface area contributed by atoms with Crippen molar-refractivity contribution in [1.29, 1.82) is 0 Å². The lowest BCUT2D eigenvalue weighted by Crippen LogP contribution is -2.33. The molecule has 4 rings (SSSR count). The Morgan fingerprint density at radius 1 is 1.20 bits per heavy atom. The zero-order chi connectivity index (χ0) is 21.1. The van der Waals surface area contributed by atoms with Gasteiger partial charge in [0.25, 0.3) is 0 Å². The summed E-state index contributed by atoms with van der Waals surface area (Å²) in [6, 6.07) is 9.87. The number of amides is 2. The molecule has 0 radical (unpaired) electrons. The molecule has 0 saturated carbocycles. The van der Waals surface area contributed by atoms with E-state index in [0.29, 0.717) is 13.1 Å². The van der Waals surface area contributed by atoms with E-state index in [2.05, 4.69) is 31.1 Å². The van der Waals surface area contributed by atoms with Gasteiger partial charge in [-0.25, -0.2) is 4.98 Å². The summed E-state index contributed by atoms with van der Waals surface area (Å²) >= 11 is 3.48. The average Bonchev–Trinajstić information content (AvgIpc) is 3.17. The van der Waals surface area contributed by atoms with Crippen molar-refractivity contribution in [3.05, 3.63) is 52.1 Å². The van der Waals surface area contributed by atoms with Crippen LogP contribution in [0.15, 0.2) is 41.0 Å². The number of pyridine rings is 1. The van der Waals surface area contributed by atoms with Crippen molar-refractivity contribution in [2.45, 2.75) is 39.2 Å². The predicted molar refractivity (Wildman–Crippen MR) is 121 cm³/mol. The van der Waals surface area contributed by atoms with Gasteiger partial charge in [0.05, 0.1) is 5.92 Å². The minimum Gasteiger partial charge on any atom is -0.357 e. The summed E-state index contributed by atoms with van der Waals surface area (Å²) < 4.78 is 1.01. The number of rotatable bonds is 5. The average molecular weight is 471 g/mol. The number of nitrogens with zero attached hydrogens (tertiary/aromatic N) is 3. The van der Waals surface area contributed by atoms with Crippen molar-refractivity contribution in [1.82, 2.24) is 10.3 Å². The first kappa shape index (κ1) is 20.8. The summed E-state index contributed by atoms with van der Waals surface area (Å²) in [6.45, 7) is 4.95. The maximum absolute atomic E-state index is 12.7. The molecule has 1 aromatic carbocycles. The summed E-state index contributed by atoms with van der Waals surface area (Å²) in [4.78, 5) is 33.7. The fourth-order valence-corrected chi connectivity index (χ4v) is 4.34. The van der Waals surface area contributed by atoms with Gasteiger partial charge in [-0.15, -0.1) is 0 Å². The minimum absolute atomic E-state index is 0.00979. The lowest BCUT2D eigenvalue weighted by molar-refractivity contribution is -0.126. The quantitative estimate of drug-likeness (QED) is 0.721. The number of hydrogen-bond donors (Lipinski definition) is 1. The Hall–Kier alpha value is -2.41. The van der Waals surface area contributed by atoms with Gasteiger partial charge in [-0.3, -0.25) is 9.59 Å². The van der Waals surface area contributed by atoms with Gasteiger partial charge in [0.15, 0.2) is 0 Å². The van der Waals surface area contributed by atoms with E-state index in [4.69, 9.17) is 0 Å². The molecule has 2 aliphatic heterocycles. The summed E-state index contributed by atoms with van der Waals surface area (Å²) in [5.41, 5.74) is 2.87. The molecule has 1 N–H and O–H groups in total. The highest BCUT2D eigenvalue weighted by Crippen LogP contribution is 2.28. The third-order valence-corrected chi connectivity index (χ3v) is 6.79. The summed E-state index contributed by atoms with van der Waals surface area (Å²) in [5, 5.41) is 2.97. The number of halogens is 1. The first-order valence-electron chi connectivity index (χ1n) is 10.6. The van der Waals surface area contributed by atoms with Crippen molar-refractivity contribution >= 4 is 39.2 Å². The fraction of sp³-hybridized carbons (Fsp3) is 0.435. The number of hydrogen-bond acceptors (Lipinski definition) is 4. The van der Waals surface area contributed by atoms with E-state index in [0.717, 1.165) is 40.2 Å². The first-order valence-corrected chi connectivity index (χ1v) is 11.3. The Morgan fingerprint density at radius 3 is 2.70 bits per heavy atom. The highest BCUT2D eigenvalue weighted by molar-refractivity contribution is 9.10. The van der Waals surface area contributed by atoms with Crippen LogP contribution in [0.5, 0.6) is 0 Å². The molecule has 0 bridgehead atoms. The third-order valence-electron chi connectivity index (χ3n) is 5.90. The highest BCUT2D eigenvalue weighted by atomic mass is 79.9. The van der Waals surface area contributed by atoms with Crippen molar-refractivity contribution < 1.29 is 9.59 Å². The van der Waals surface area contributed by atoms with Gasteiger partial charge in [0.2, 0.25) is 11.8 Å². The monoisotopic (exact) mass is 470 g/mol. The van der Waals surface area contributed by atoms with Crippen LogP contribution in [0.1, 0.15) is 36.8 Å². The third kappa shape index (κ3) is 4.67. The van der Waals surface area contributed by atoms with E-state index in [1.165, 1.54) is 19.3 Å². The van der Waals surface area contributed by atoms with E-state index in [9.17, 15) is 9.59 Å². The summed E-state index contributed by atoms with van der Waals surface area (Å²) in [7, 11) is 0. The Labute approximate surface area is 185 Å². The summed E-state index contributed by atoms with van der Waals surface area (Å²) in [5.74, 6) is 0.581. The van der Waals surface area contributed by atoms with Crippen LogP contribution in [-0.2, 0) is 16.1 Å². The van der Waals surface area contributed by atoms with Gasteiger partial charge in [-0.2, -0.15) is 0 Å². The molecule has 3 heterocycles. The van der Waals surface area contributed by atoms with Crippen molar-refractivity contribution in [2.75, 3.05) is 29.4 Å². The molecule has 1 aromatic heterocycles. The van der Waals surface area contributed by atoms with E-state index in [1.807, 2.05) is 43.5 Å². The maximum atomic E-state index is 12.7. The maximum Gasteiger partial charge on any atom is 0.227 e. The molecule has 2 aromatic rings. The molecule has 7 heteroatoms. The number of aryl methyl sites for hydroxylation is 1. The number of aromatic nitrogens is 1. The molecule has 2 amide bonds. The summed E-state index contributed by atoms with van der Waals surface area (Å²) in [6.07, 6.45) is 5.81. The molecular weight excluding hydrogens is 444 g/mol. The van der Waals surface area contributed by atoms with Crippen LogP contribution in [-0.4, -0.2) is 36.4 Å². The van der Waals surface area contributed by atoms with Gasteiger partial charge < -0.3 is 15.1 Å². The van der Waals surface area contributed by atoms with Crippen LogP contribution < -0.4 is 15.1 Å². The van der Waals surface area contributed by atoms with Gasteiger partial charge in [-0.1, -0.05) is 22.0 Å². The van der Waals surface area contributed by atoms with Crippen LogP contribution in [0.3, 0.4) is 0 Å². The fourth-order valence-electron chi connectivity index (χ4n) is 4.09. The van der Waals surface area contributed by atoms with E-state index in [1.54, 1.807) is 4.90 Å². The number of anilines is 2. The second-order valence-electron chi connectivity index (χ2n) is 8.13. The number of carbonyl (C=O) groups excluding carboxylic acids is 2. The lowest BCUT2D eigenvalue weighted by atomic mass is 10.1. The van der Waals surface area contributed by atoms with Gasteiger partial charge in [0.1, 0.15) is 5.82 Å². The van der Waals surface area contributed by atoms with Crippen molar-refractivity contribution in [3.63, 3.8) is 0 Å². The molecular formula is C23H27BrN4O2. The lowest BCUT2D eigenvalue weighted by Gasteiger charge is -2.27. The largest absolute Gasteiger partial charge is 0.357 e. The second-order valence-corrected chi connectivity index (χ2v) is 8.98. The Morgan fingerprint density at radius 2 is 2.00 bits per heavy atom. The van der Waals surface area contributed by atoms with Crippen molar-refractivity contribution in [3.8, 4) is 0 Å². The van der Waals surface area contributed by atoms with Crippen LogP contribution in [0, 0.1) is 12.8 Å². The first-order chi connectivity index (χ1) is 14.5. The molecule has 2 fully saturated rings. The van der Waals surface area contributed by atoms with Crippen LogP contribution in [0.25, 0.3) is 0 Å². The standard InChI is InChI=1S/C23H27BrN4O2/c1-16-11-19(6-7-20(16)24)28-15-18(12-22(28)29)23(30)26-14-17-5-8-21(25-13-17)27-9-3-2-4-10-27/h5-8,11,13,18H,2-4,9-10,12,14-15H2,1H3,(H,26,30). The molecule has 0 spiro atoms. The van der Waals surface area contributed by atoms with Crippen LogP contribution >= 0.6 is 15.9 Å². The van der Waals surface area contributed by atoms with Gasteiger partial charge in [0, 0.05) is 49.0 Å². The molecule has 6 nitrogen and oxygen atoms in total. The Balaban J connectivity index is 1.32. The van der Waals surface area contributed by atoms with E-state index >= 15 is 0 Å². The molecule has 2 saturated heterocycles. The normalized spacial score (nSPS) is 19.3.